The molecule has 1 aromatic rings. The molecular formula is C19H30N2. The van der Waals surface area contributed by atoms with E-state index in [1.54, 1.807) is 11.1 Å². The van der Waals surface area contributed by atoms with E-state index in [0.29, 0.717) is 6.04 Å². The highest BCUT2D eigenvalue weighted by molar-refractivity contribution is 5.29. The third-order valence-electron chi connectivity index (χ3n) is 4.96. The van der Waals surface area contributed by atoms with Crippen molar-refractivity contribution in [3.63, 3.8) is 0 Å². The number of fused-ring (bicyclic) bond motifs is 1. The fraction of sp³-hybridized carbons (Fsp3) is 0.684. The Bertz CT molecular complexity index is 475. The molecule has 1 heterocycles. The third-order valence-corrected chi connectivity index (χ3v) is 4.96. The summed E-state index contributed by atoms with van der Waals surface area (Å²) >= 11 is 0. The van der Waals surface area contributed by atoms with Gasteiger partial charge in [0, 0.05) is 30.7 Å². The molecule has 1 N–H and O–H groups in total. The summed E-state index contributed by atoms with van der Waals surface area (Å²) in [6, 6.07) is 10.5. The lowest BCUT2D eigenvalue weighted by atomic mass is 9.87. The molecule has 3 rings (SSSR count). The van der Waals surface area contributed by atoms with Crippen LogP contribution < -0.4 is 5.32 Å². The van der Waals surface area contributed by atoms with Gasteiger partial charge in [0.1, 0.15) is 0 Å². The molecule has 1 saturated carbocycles. The lowest BCUT2D eigenvalue weighted by Crippen LogP contribution is -2.50. The predicted molar refractivity (Wildman–Crippen MR) is 89.5 cm³/mol. The van der Waals surface area contributed by atoms with E-state index in [9.17, 15) is 0 Å². The van der Waals surface area contributed by atoms with Gasteiger partial charge >= 0.3 is 0 Å². The van der Waals surface area contributed by atoms with E-state index >= 15 is 0 Å². The van der Waals surface area contributed by atoms with Crippen molar-refractivity contribution in [2.45, 2.75) is 77.0 Å². The minimum atomic E-state index is 0.237. The molecule has 0 spiro atoms. The lowest BCUT2D eigenvalue weighted by molar-refractivity contribution is 0.119. The van der Waals surface area contributed by atoms with Crippen LogP contribution in [0.25, 0.3) is 0 Å². The summed E-state index contributed by atoms with van der Waals surface area (Å²) in [6.45, 7) is 9.25. The summed E-state index contributed by atoms with van der Waals surface area (Å²) in [5.74, 6) is 0. The Hall–Kier alpha value is -0.860. The van der Waals surface area contributed by atoms with E-state index < -0.39 is 0 Å². The monoisotopic (exact) mass is 286 g/mol. The van der Waals surface area contributed by atoms with Gasteiger partial charge in [0.05, 0.1) is 0 Å². The molecule has 2 atom stereocenters. The zero-order chi connectivity index (χ0) is 14.9. The van der Waals surface area contributed by atoms with Gasteiger partial charge in [-0.25, -0.2) is 0 Å². The molecule has 116 valence electrons. The van der Waals surface area contributed by atoms with Gasteiger partial charge in [-0.05, 0) is 57.6 Å². The van der Waals surface area contributed by atoms with Crippen LogP contribution in [0, 0.1) is 0 Å². The van der Waals surface area contributed by atoms with Gasteiger partial charge in [-0.15, -0.1) is 0 Å². The van der Waals surface area contributed by atoms with Crippen LogP contribution in [0.2, 0.25) is 0 Å². The summed E-state index contributed by atoms with van der Waals surface area (Å²) in [5, 5.41) is 3.82. The molecule has 1 aromatic carbocycles. The van der Waals surface area contributed by atoms with Crippen molar-refractivity contribution in [2.75, 3.05) is 6.54 Å². The van der Waals surface area contributed by atoms with Crippen LogP contribution in [0.5, 0.6) is 0 Å². The molecule has 1 aliphatic heterocycles. The fourth-order valence-corrected chi connectivity index (χ4v) is 4.07. The van der Waals surface area contributed by atoms with Crippen LogP contribution in [-0.2, 0) is 13.0 Å². The Kier molecular flexibility index (Phi) is 4.37. The van der Waals surface area contributed by atoms with Crippen molar-refractivity contribution in [3.8, 4) is 0 Å². The first kappa shape index (κ1) is 15.1. The van der Waals surface area contributed by atoms with Crippen LogP contribution in [0.3, 0.4) is 0 Å². The lowest BCUT2D eigenvalue weighted by Gasteiger charge is -2.41. The molecule has 0 radical (unpaired) electrons. The van der Waals surface area contributed by atoms with E-state index in [2.05, 4.69) is 55.3 Å². The maximum Gasteiger partial charge on any atom is 0.0239 e. The fourth-order valence-electron chi connectivity index (χ4n) is 4.07. The smallest absolute Gasteiger partial charge is 0.0239 e. The number of benzene rings is 1. The zero-order valence-electron chi connectivity index (χ0n) is 13.9. The van der Waals surface area contributed by atoms with Gasteiger partial charge in [-0.3, -0.25) is 4.90 Å². The number of nitrogens with one attached hydrogen (secondary N) is 1. The summed E-state index contributed by atoms with van der Waals surface area (Å²) < 4.78 is 0. The molecule has 0 aromatic heterocycles. The first-order valence-corrected chi connectivity index (χ1v) is 8.60. The van der Waals surface area contributed by atoms with Crippen LogP contribution >= 0.6 is 0 Å². The molecule has 21 heavy (non-hydrogen) atoms. The molecule has 2 nitrogen and oxygen atoms in total. The highest BCUT2D eigenvalue weighted by Gasteiger charge is 2.30. The Labute approximate surface area is 129 Å². The van der Waals surface area contributed by atoms with Crippen molar-refractivity contribution in [1.82, 2.24) is 10.2 Å². The molecule has 0 unspecified atom stereocenters. The maximum atomic E-state index is 3.82. The van der Waals surface area contributed by atoms with Crippen LogP contribution in [0.1, 0.15) is 57.6 Å². The maximum absolute atomic E-state index is 3.82. The van der Waals surface area contributed by atoms with Crippen LogP contribution in [0.15, 0.2) is 24.3 Å². The van der Waals surface area contributed by atoms with Crippen molar-refractivity contribution in [2.24, 2.45) is 0 Å². The quantitative estimate of drug-likeness (QED) is 0.891. The van der Waals surface area contributed by atoms with Crippen molar-refractivity contribution >= 4 is 0 Å². The Morgan fingerprint density at radius 3 is 2.62 bits per heavy atom. The van der Waals surface area contributed by atoms with E-state index in [4.69, 9.17) is 0 Å². The highest BCUT2D eigenvalue weighted by Crippen LogP contribution is 2.28. The summed E-state index contributed by atoms with van der Waals surface area (Å²) in [6.07, 6.45) is 6.64. The second-order valence-corrected chi connectivity index (χ2v) is 7.90. The van der Waals surface area contributed by atoms with Crippen LogP contribution in [0.4, 0.5) is 0 Å². The number of hydrogen-bond donors (Lipinski definition) is 1. The largest absolute Gasteiger partial charge is 0.309 e. The SMILES string of the molecule is CC(C)(C)N[C@@H]1CCC[C@H](N2CCc3ccccc3C2)C1. The van der Waals surface area contributed by atoms with Gasteiger partial charge in [-0.1, -0.05) is 30.7 Å². The predicted octanol–water partition coefficient (Wildman–Crippen LogP) is 3.74. The second kappa shape index (κ2) is 6.10. The second-order valence-electron chi connectivity index (χ2n) is 7.90. The van der Waals surface area contributed by atoms with Gasteiger partial charge in [0.15, 0.2) is 0 Å². The van der Waals surface area contributed by atoms with Gasteiger partial charge < -0.3 is 5.32 Å². The topological polar surface area (TPSA) is 15.3 Å². The van der Waals surface area contributed by atoms with Gasteiger partial charge in [0.25, 0.3) is 0 Å². The molecule has 0 saturated heterocycles. The summed E-state index contributed by atoms with van der Waals surface area (Å²) in [4.78, 5) is 2.73. The molecule has 2 aliphatic rings. The standard InChI is InChI=1S/C19H30N2/c1-19(2,3)20-17-9-6-10-18(13-17)21-12-11-15-7-4-5-8-16(15)14-21/h4-5,7-8,17-18,20H,6,9-14H2,1-3H3/t17-,18+/m1/s1. The first-order chi connectivity index (χ1) is 10.0. The Balaban J connectivity index is 1.62. The van der Waals surface area contributed by atoms with Crippen molar-refractivity contribution in [3.05, 3.63) is 35.4 Å². The van der Waals surface area contributed by atoms with E-state index in [1.807, 2.05) is 0 Å². The minimum absolute atomic E-state index is 0.237. The highest BCUT2D eigenvalue weighted by atomic mass is 15.2. The molecule has 0 amide bonds. The van der Waals surface area contributed by atoms with Gasteiger partial charge in [-0.2, -0.15) is 0 Å². The molecule has 1 fully saturated rings. The molecule has 2 heteroatoms. The Morgan fingerprint density at radius 1 is 1.10 bits per heavy atom. The number of rotatable bonds is 2. The van der Waals surface area contributed by atoms with E-state index in [0.717, 1.165) is 12.6 Å². The normalized spacial score (nSPS) is 27.4. The van der Waals surface area contributed by atoms with Crippen molar-refractivity contribution < 1.29 is 0 Å². The van der Waals surface area contributed by atoms with E-state index in [1.165, 1.54) is 38.6 Å². The average molecular weight is 286 g/mol. The number of nitrogens with zero attached hydrogens (tertiary/aromatic N) is 1. The van der Waals surface area contributed by atoms with Crippen molar-refractivity contribution in [1.29, 1.82) is 0 Å². The number of hydrogen-bond acceptors (Lipinski definition) is 2. The minimum Gasteiger partial charge on any atom is -0.309 e. The summed E-state index contributed by atoms with van der Waals surface area (Å²) in [7, 11) is 0. The van der Waals surface area contributed by atoms with Crippen LogP contribution in [-0.4, -0.2) is 29.1 Å². The Morgan fingerprint density at radius 2 is 1.86 bits per heavy atom. The van der Waals surface area contributed by atoms with Gasteiger partial charge in [0.2, 0.25) is 0 Å². The molecule has 1 aliphatic carbocycles. The zero-order valence-corrected chi connectivity index (χ0v) is 13.9. The first-order valence-electron chi connectivity index (χ1n) is 8.60. The summed E-state index contributed by atoms with van der Waals surface area (Å²) in [5.41, 5.74) is 3.35. The third kappa shape index (κ3) is 3.87. The average Bonchev–Trinajstić information content (AvgIpc) is 2.45. The van der Waals surface area contributed by atoms with E-state index in [-0.39, 0.29) is 5.54 Å². The molecular weight excluding hydrogens is 256 g/mol. The molecule has 0 bridgehead atoms.